The summed E-state index contributed by atoms with van der Waals surface area (Å²) in [5.41, 5.74) is 0.408. The molecule has 9 heteroatoms. The van der Waals surface area contributed by atoms with Crippen LogP contribution in [0.2, 0.25) is 0 Å². The first-order valence-electron chi connectivity index (χ1n) is 6.87. The molecule has 0 unspecified atom stereocenters. The lowest BCUT2D eigenvalue weighted by atomic mass is 10.2. The van der Waals surface area contributed by atoms with E-state index in [1.807, 2.05) is 10.8 Å². The van der Waals surface area contributed by atoms with Crippen LogP contribution in [0.25, 0.3) is 11.4 Å². The maximum atomic E-state index is 12.3. The van der Waals surface area contributed by atoms with E-state index >= 15 is 0 Å². The number of hydrogen-bond acceptors (Lipinski definition) is 6. The van der Waals surface area contributed by atoms with E-state index < -0.39 is 13.0 Å². The number of aryl methyl sites for hydroxylation is 2. The molecule has 0 saturated carbocycles. The Hall–Kier alpha value is -2.84. The van der Waals surface area contributed by atoms with Crippen LogP contribution in [0.15, 0.2) is 41.6 Å². The van der Waals surface area contributed by atoms with Crippen molar-refractivity contribution in [3.05, 3.63) is 42.9 Å². The summed E-state index contributed by atoms with van der Waals surface area (Å²) in [6.07, 6.45) is 4.59. The molecule has 0 aliphatic carbocycles. The van der Waals surface area contributed by atoms with Crippen molar-refractivity contribution < 1.29 is 18.0 Å². The Morgan fingerprint density at radius 3 is 3.00 bits per heavy atom. The second-order valence-electron chi connectivity index (χ2n) is 4.62. The third-order valence-electron chi connectivity index (χ3n) is 2.97. The minimum Gasteiger partial charge on any atom is -0.471 e. The van der Waals surface area contributed by atoms with Crippen LogP contribution < -0.4 is 4.74 Å². The molecule has 0 bridgehead atoms. The zero-order valence-electron chi connectivity index (χ0n) is 12.0. The fraction of sp³-hybridized carbons (Fsp3) is 0.286. The largest absolute Gasteiger partial charge is 0.471 e. The van der Waals surface area contributed by atoms with Crippen LogP contribution in [0.5, 0.6) is 5.88 Å². The van der Waals surface area contributed by atoms with E-state index in [0.717, 1.165) is 0 Å². The Balaban J connectivity index is 1.72. The van der Waals surface area contributed by atoms with Gasteiger partial charge in [-0.2, -0.15) is 4.98 Å². The van der Waals surface area contributed by atoms with Crippen LogP contribution in [0, 0.1) is 0 Å². The zero-order valence-corrected chi connectivity index (χ0v) is 12.0. The number of nitrogens with zero attached hydrogens (tertiary/aromatic N) is 5. The van der Waals surface area contributed by atoms with Gasteiger partial charge in [0.15, 0.2) is 6.61 Å². The monoisotopic (exact) mass is 321 g/mol. The van der Waals surface area contributed by atoms with E-state index in [9.17, 15) is 8.78 Å². The molecule has 0 saturated heterocycles. The highest BCUT2D eigenvalue weighted by molar-refractivity contribution is 5.60. The van der Waals surface area contributed by atoms with Gasteiger partial charge in [0.05, 0.1) is 11.9 Å². The summed E-state index contributed by atoms with van der Waals surface area (Å²) in [5.74, 6) is 0.732. The van der Waals surface area contributed by atoms with Gasteiger partial charge >= 0.3 is 0 Å². The summed E-state index contributed by atoms with van der Waals surface area (Å²) in [6, 6.07) is 3.28. The second-order valence-corrected chi connectivity index (χ2v) is 4.62. The number of imidazole rings is 1. The molecule has 0 N–H and O–H groups in total. The van der Waals surface area contributed by atoms with Crippen molar-refractivity contribution >= 4 is 0 Å². The standard InChI is InChI=1S/C14H13F2N5O2/c15-11(16)8-22-14-10(2-1-4-18-14)13-19-12(23-20-13)3-6-21-7-5-17-9-21/h1-2,4-5,7,9,11H,3,6,8H2. The predicted octanol–water partition coefficient (Wildman–Crippen LogP) is 2.21. The Kier molecular flexibility index (Phi) is 4.55. The van der Waals surface area contributed by atoms with Crippen LogP contribution in [0.1, 0.15) is 5.89 Å². The fourth-order valence-electron chi connectivity index (χ4n) is 1.93. The molecule has 0 aliphatic heterocycles. The second kappa shape index (κ2) is 6.95. The lowest BCUT2D eigenvalue weighted by Gasteiger charge is -2.06. The molecule has 0 aliphatic rings. The topological polar surface area (TPSA) is 78.9 Å². The van der Waals surface area contributed by atoms with Crippen molar-refractivity contribution in [2.75, 3.05) is 6.61 Å². The number of pyridine rings is 1. The lowest BCUT2D eigenvalue weighted by Crippen LogP contribution is -2.08. The quantitative estimate of drug-likeness (QED) is 0.664. The normalized spacial score (nSPS) is 11.1. The highest BCUT2D eigenvalue weighted by Crippen LogP contribution is 2.25. The first kappa shape index (κ1) is 15.1. The molecule has 3 aromatic rings. The number of halogens is 2. The zero-order chi connectivity index (χ0) is 16.1. The first-order chi connectivity index (χ1) is 11.2. The fourth-order valence-corrected chi connectivity index (χ4v) is 1.93. The number of hydrogen-bond donors (Lipinski definition) is 0. The first-order valence-corrected chi connectivity index (χ1v) is 6.87. The van der Waals surface area contributed by atoms with Gasteiger partial charge in [-0.25, -0.2) is 18.7 Å². The molecular formula is C14H13F2N5O2. The number of rotatable bonds is 7. The smallest absolute Gasteiger partial charge is 0.272 e. The molecule has 0 fully saturated rings. The Bertz CT molecular complexity index is 745. The van der Waals surface area contributed by atoms with E-state index in [0.29, 0.717) is 24.4 Å². The summed E-state index contributed by atoms with van der Waals surface area (Å²) in [5, 5.41) is 3.86. The van der Waals surface area contributed by atoms with Gasteiger partial charge < -0.3 is 13.8 Å². The Labute approximate surface area is 129 Å². The van der Waals surface area contributed by atoms with Crippen LogP contribution in [-0.4, -0.2) is 37.7 Å². The molecule has 23 heavy (non-hydrogen) atoms. The van der Waals surface area contributed by atoms with E-state index in [4.69, 9.17) is 9.26 Å². The SMILES string of the molecule is FC(F)COc1ncccc1-c1noc(CCn2ccnc2)n1. The van der Waals surface area contributed by atoms with E-state index in [2.05, 4.69) is 20.1 Å². The van der Waals surface area contributed by atoms with Gasteiger partial charge in [-0.1, -0.05) is 5.16 Å². The average Bonchev–Trinajstić information content (AvgIpc) is 3.22. The van der Waals surface area contributed by atoms with E-state index in [1.54, 1.807) is 24.7 Å². The minimum absolute atomic E-state index is 0.0507. The molecule has 3 heterocycles. The van der Waals surface area contributed by atoms with Gasteiger partial charge in [-0.3, -0.25) is 0 Å². The maximum Gasteiger partial charge on any atom is 0.272 e. The van der Waals surface area contributed by atoms with Crippen LogP contribution in [0.3, 0.4) is 0 Å². The van der Waals surface area contributed by atoms with Crippen LogP contribution in [0.4, 0.5) is 8.78 Å². The third-order valence-corrected chi connectivity index (χ3v) is 2.97. The van der Waals surface area contributed by atoms with Gasteiger partial charge in [0.25, 0.3) is 6.43 Å². The summed E-state index contributed by atoms with van der Waals surface area (Å²) in [7, 11) is 0. The minimum atomic E-state index is -2.58. The molecule has 0 atom stereocenters. The van der Waals surface area contributed by atoms with Crippen molar-refractivity contribution in [3.63, 3.8) is 0 Å². The molecule has 3 aromatic heterocycles. The van der Waals surface area contributed by atoms with Crippen LogP contribution >= 0.6 is 0 Å². The summed E-state index contributed by atoms with van der Waals surface area (Å²) in [6.45, 7) is -0.0984. The van der Waals surface area contributed by atoms with Crippen molar-refractivity contribution in [1.29, 1.82) is 0 Å². The van der Waals surface area contributed by atoms with E-state index in [1.165, 1.54) is 6.20 Å². The third kappa shape index (κ3) is 3.87. The van der Waals surface area contributed by atoms with Crippen LogP contribution in [-0.2, 0) is 13.0 Å². The molecule has 0 aromatic carbocycles. The number of aromatic nitrogens is 5. The predicted molar refractivity (Wildman–Crippen MR) is 75.0 cm³/mol. The molecule has 3 rings (SSSR count). The maximum absolute atomic E-state index is 12.3. The van der Waals surface area contributed by atoms with Crippen molar-refractivity contribution in [3.8, 4) is 17.3 Å². The molecular weight excluding hydrogens is 308 g/mol. The van der Waals surface area contributed by atoms with Gasteiger partial charge in [-0.05, 0) is 12.1 Å². The van der Waals surface area contributed by atoms with Gasteiger partial charge in [0.2, 0.25) is 17.6 Å². The number of ether oxygens (including phenoxy) is 1. The highest BCUT2D eigenvalue weighted by Gasteiger charge is 2.15. The van der Waals surface area contributed by atoms with Gasteiger partial charge in [0.1, 0.15) is 0 Å². The number of alkyl halides is 2. The Morgan fingerprint density at radius 1 is 1.30 bits per heavy atom. The molecule has 7 nitrogen and oxygen atoms in total. The summed E-state index contributed by atoms with van der Waals surface area (Å²) >= 11 is 0. The molecule has 120 valence electrons. The average molecular weight is 321 g/mol. The summed E-state index contributed by atoms with van der Waals surface area (Å²) in [4.78, 5) is 12.1. The van der Waals surface area contributed by atoms with Gasteiger partial charge in [-0.15, -0.1) is 0 Å². The Morgan fingerprint density at radius 2 is 2.22 bits per heavy atom. The summed E-state index contributed by atoms with van der Waals surface area (Å²) < 4.78 is 36.6. The molecule has 0 amide bonds. The lowest BCUT2D eigenvalue weighted by molar-refractivity contribution is 0.0799. The van der Waals surface area contributed by atoms with Crippen molar-refractivity contribution in [2.24, 2.45) is 0 Å². The van der Waals surface area contributed by atoms with Crippen molar-refractivity contribution in [2.45, 2.75) is 19.4 Å². The molecule has 0 spiro atoms. The molecule has 0 radical (unpaired) electrons. The van der Waals surface area contributed by atoms with Gasteiger partial charge in [0, 0.05) is 31.6 Å². The highest BCUT2D eigenvalue weighted by atomic mass is 19.3. The van der Waals surface area contributed by atoms with E-state index in [-0.39, 0.29) is 11.7 Å². The van der Waals surface area contributed by atoms with Crippen molar-refractivity contribution in [1.82, 2.24) is 24.7 Å².